The summed E-state index contributed by atoms with van der Waals surface area (Å²) in [6.45, 7) is 3.15. The first-order chi connectivity index (χ1) is 14.1. The lowest BCUT2D eigenvalue weighted by Gasteiger charge is -2.38. The summed E-state index contributed by atoms with van der Waals surface area (Å²) in [7, 11) is 0. The molecule has 3 aliphatic rings. The monoisotopic (exact) mass is 398 g/mol. The molecule has 7 nitrogen and oxygen atoms in total. The second kappa shape index (κ2) is 8.95. The summed E-state index contributed by atoms with van der Waals surface area (Å²) in [4.78, 5) is 41.0. The van der Waals surface area contributed by atoms with Crippen LogP contribution in [0.4, 0.5) is 0 Å². The predicted octanol–water partition coefficient (Wildman–Crippen LogP) is 0.473. The molecule has 2 heterocycles. The van der Waals surface area contributed by atoms with Gasteiger partial charge in [0.1, 0.15) is 0 Å². The Balaban J connectivity index is 1.31. The second-order valence-corrected chi connectivity index (χ2v) is 8.27. The Morgan fingerprint density at radius 3 is 2.59 bits per heavy atom. The lowest BCUT2D eigenvalue weighted by Crippen LogP contribution is -2.59. The number of piperidine rings is 1. The van der Waals surface area contributed by atoms with Crippen LogP contribution >= 0.6 is 0 Å². The van der Waals surface area contributed by atoms with Crippen LogP contribution < -0.4 is 10.6 Å². The van der Waals surface area contributed by atoms with Gasteiger partial charge in [-0.1, -0.05) is 24.3 Å². The van der Waals surface area contributed by atoms with Gasteiger partial charge in [-0.25, -0.2) is 0 Å². The number of fused-ring (bicyclic) bond motifs is 1. The highest BCUT2D eigenvalue weighted by atomic mass is 16.2. The van der Waals surface area contributed by atoms with E-state index in [1.54, 1.807) is 0 Å². The van der Waals surface area contributed by atoms with Crippen LogP contribution in [0.25, 0.3) is 0 Å². The van der Waals surface area contributed by atoms with Crippen LogP contribution in [0.2, 0.25) is 0 Å². The van der Waals surface area contributed by atoms with E-state index in [1.165, 1.54) is 11.1 Å². The van der Waals surface area contributed by atoms with E-state index in [1.807, 2.05) is 4.90 Å². The summed E-state index contributed by atoms with van der Waals surface area (Å²) >= 11 is 0. The molecule has 29 heavy (non-hydrogen) atoms. The highest BCUT2D eigenvalue weighted by molar-refractivity contribution is 5.89. The molecule has 1 atom stereocenters. The van der Waals surface area contributed by atoms with E-state index in [2.05, 4.69) is 39.8 Å². The maximum absolute atomic E-state index is 12.5. The van der Waals surface area contributed by atoms with Crippen molar-refractivity contribution in [3.63, 3.8) is 0 Å². The number of likely N-dealkylation sites (tertiary alicyclic amines) is 1. The average Bonchev–Trinajstić information content (AvgIpc) is 3.15. The zero-order valence-corrected chi connectivity index (χ0v) is 16.9. The van der Waals surface area contributed by atoms with Crippen molar-refractivity contribution in [3.05, 3.63) is 35.4 Å². The molecule has 1 aromatic carbocycles. The normalized spacial score (nSPS) is 23.0. The fraction of sp³-hybridized carbons (Fsp3) is 0.591. The Kier molecular flexibility index (Phi) is 6.13. The van der Waals surface area contributed by atoms with E-state index in [-0.39, 0.29) is 30.2 Å². The number of hydrogen-bond donors (Lipinski definition) is 2. The van der Waals surface area contributed by atoms with E-state index < -0.39 is 6.04 Å². The number of benzene rings is 1. The van der Waals surface area contributed by atoms with E-state index in [4.69, 9.17) is 0 Å². The van der Waals surface area contributed by atoms with Gasteiger partial charge >= 0.3 is 0 Å². The number of amides is 3. The summed E-state index contributed by atoms with van der Waals surface area (Å²) in [5, 5.41) is 5.82. The van der Waals surface area contributed by atoms with Crippen molar-refractivity contribution < 1.29 is 14.4 Å². The van der Waals surface area contributed by atoms with E-state index in [9.17, 15) is 14.4 Å². The Bertz CT molecular complexity index is 756. The summed E-state index contributed by atoms with van der Waals surface area (Å²) in [6, 6.07) is 8.26. The maximum Gasteiger partial charge on any atom is 0.237 e. The zero-order chi connectivity index (χ0) is 20.2. The summed E-state index contributed by atoms with van der Waals surface area (Å²) in [6.07, 6.45) is 4.61. The Hall–Kier alpha value is -2.41. The molecular weight excluding hydrogens is 368 g/mol. The first-order valence-electron chi connectivity index (χ1n) is 10.8. The van der Waals surface area contributed by atoms with Crippen molar-refractivity contribution in [2.45, 2.75) is 50.6 Å². The SMILES string of the molecule is O=C(CC1C(=O)NCCN1C1Cc2ccccc2C1)NCCN1CCCCC1=O. The molecule has 2 fully saturated rings. The van der Waals surface area contributed by atoms with Gasteiger partial charge in [0, 0.05) is 45.2 Å². The van der Waals surface area contributed by atoms with Crippen LogP contribution in [-0.2, 0) is 27.2 Å². The smallest absolute Gasteiger partial charge is 0.237 e. The van der Waals surface area contributed by atoms with Crippen LogP contribution in [0.5, 0.6) is 0 Å². The molecular formula is C22H30N4O3. The first-order valence-corrected chi connectivity index (χ1v) is 10.8. The molecule has 1 aromatic rings. The number of carbonyl (C=O) groups excluding carboxylic acids is 3. The lowest BCUT2D eigenvalue weighted by atomic mass is 10.0. The van der Waals surface area contributed by atoms with Crippen LogP contribution in [0.3, 0.4) is 0 Å². The number of nitrogens with zero attached hydrogens (tertiary/aromatic N) is 2. The molecule has 1 unspecified atom stereocenters. The van der Waals surface area contributed by atoms with Gasteiger partial charge < -0.3 is 15.5 Å². The van der Waals surface area contributed by atoms with Gasteiger partial charge in [0.2, 0.25) is 17.7 Å². The molecule has 0 saturated carbocycles. The van der Waals surface area contributed by atoms with Gasteiger partial charge in [0.25, 0.3) is 0 Å². The molecule has 4 rings (SSSR count). The van der Waals surface area contributed by atoms with Gasteiger partial charge in [-0.3, -0.25) is 19.3 Å². The molecule has 2 N–H and O–H groups in total. The molecule has 3 amide bonds. The topological polar surface area (TPSA) is 81.8 Å². The fourth-order valence-corrected chi connectivity index (χ4v) is 4.83. The van der Waals surface area contributed by atoms with E-state index in [0.29, 0.717) is 26.1 Å². The quantitative estimate of drug-likeness (QED) is 0.730. The van der Waals surface area contributed by atoms with Crippen LogP contribution in [0, 0.1) is 0 Å². The third-order valence-corrected chi connectivity index (χ3v) is 6.37. The van der Waals surface area contributed by atoms with Crippen molar-refractivity contribution in [3.8, 4) is 0 Å². The molecule has 2 aliphatic heterocycles. The number of rotatable bonds is 6. The molecule has 1 aliphatic carbocycles. The van der Waals surface area contributed by atoms with Crippen molar-refractivity contribution in [1.29, 1.82) is 0 Å². The Morgan fingerprint density at radius 1 is 1.10 bits per heavy atom. The predicted molar refractivity (Wildman–Crippen MR) is 109 cm³/mol. The second-order valence-electron chi connectivity index (χ2n) is 8.27. The minimum absolute atomic E-state index is 0.0615. The maximum atomic E-state index is 12.5. The van der Waals surface area contributed by atoms with Crippen LogP contribution in [-0.4, -0.2) is 72.3 Å². The molecule has 0 spiro atoms. The van der Waals surface area contributed by atoms with Gasteiger partial charge in [-0.15, -0.1) is 0 Å². The average molecular weight is 399 g/mol. The molecule has 7 heteroatoms. The Labute approximate surface area is 171 Å². The minimum Gasteiger partial charge on any atom is -0.354 e. The van der Waals surface area contributed by atoms with Crippen molar-refractivity contribution in [1.82, 2.24) is 20.4 Å². The van der Waals surface area contributed by atoms with E-state index >= 15 is 0 Å². The number of hydrogen-bond acceptors (Lipinski definition) is 4. The molecule has 0 bridgehead atoms. The number of nitrogens with one attached hydrogen (secondary N) is 2. The zero-order valence-electron chi connectivity index (χ0n) is 16.9. The largest absolute Gasteiger partial charge is 0.354 e. The van der Waals surface area contributed by atoms with Crippen molar-refractivity contribution >= 4 is 17.7 Å². The third kappa shape index (κ3) is 4.61. The highest BCUT2D eigenvalue weighted by Crippen LogP contribution is 2.28. The molecule has 156 valence electrons. The number of piperazine rings is 1. The molecule has 0 radical (unpaired) electrons. The highest BCUT2D eigenvalue weighted by Gasteiger charge is 2.38. The van der Waals surface area contributed by atoms with Crippen LogP contribution in [0.1, 0.15) is 36.8 Å². The van der Waals surface area contributed by atoms with Crippen LogP contribution in [0.15, 0.2) is 24.3 Å². The van der Waals surface area contributed by atoms with Crippen molar-refractivity contribution in [2.24, 2.45) is 0 Å². The van der Waals surface area contributed by atoms with Crippen molar-refractivity contribution in [2.75, 3.05) is 32.7 Å². The summed E-state index contributed by atoms with van der Waals surface area (Å²) in [5.41, 5.74) is 2.69. The first kappa shape index (κ1) is 19.9. The number of carbonyl (C=O) groups is 3. The van der Waals surface area contributed by atoms with Gasteiger partial charge in [-0.05, 0) is 36.8 Å². The lowest BCUT2D eigenvalue weighted by molar-refractivity contribution is -0.135. The minimum atomic E-state index is -0.431. The summed E-state index contributed by atoms with van der Waals surface area (Å²) in [5.74, 6) is -0.0188. The summed E-state index contributed by atoms with van der Waals surface area (Å²) < 4.78 is 0. The fourth-order valence-electron chi connectivity index (χ4n) is 4.83. The third-order valence-electron chi connectivity index (χ3n) is 6.37. The standard InChI is InChI=1S/C22H30N4O3/c27-20(23-8-11-25-10-4-3-7-21(25)28)15-19-22(29)24-9-12-26(19)18-13-16-5-1-2-6-17(16)14-18/h1-2,5-6,18-19H,3-4,7-15H2,(H,23,27)(H,24,29). The Morgan fingerprint density at radius 2 is 1.86 bits per heavy atom. The molecule has 0 aromatic heterocycles. The van der Waals surface area contributed by atoms with Gasteiger partial charge in [0.15, 0.2) is 0 Å². The van der Waals surface area contributed by atoms with Gasteiger partial charge in [0.05, 0.1) is 12.5 Å². The van der Waals surface area contributed by atoms with E-state index in [0.717, 1.165) is 38.8 Å². The molecule has 2 saturated heterocycles. The van der Waals surface area contributed by atoms with Gasteiger partial charge in [-0.2, -0.15) is 0 Å².